The summed E-state index contributed by atoms with van der Waals surface area (Å²) in [4.78, 5) is 23.9. The van der Waals surface area contributed by atoms with Crippen LogP contribution < -0.4 is 5.32 Å². The molecule has 0 radical (unpaired) electrons. The van der Waals surface area contributed by atoms with E-state index in [0.29, 0.717) is 0 Å². The molecule has 0 unspecified atom stereocenters. The molecule has 1 aliphatic heterocycles. The van der Waals surface area contributed by atoms with Crippen LogP contribution in [0.5, 0.6) is 0 Å². The van der Waals surface area contributed by atoms with Crippen molar-refractivity contribution in [2.75, 3.05) is 20.3 Å². The molecule has 1 saturated heterocycles. The molecular formula is C13H21NO4. The van der Waals surface area contributed by atoms with Crippen molar-refractivity contribution in [3.8, 4) is 0 Å². The molecule has 2 aliphatic rings. The van der Waals surface area contributed by atoms with E-state index in [4.69, 9.17) is 9.47 Å². The number of rotatable bonds is 3. The number of amides is 1. The van der Waals surface area contributed by atoms with E-state index in [9.17, 15) is 9.59 Å². The van der Waals surface area contributed by atoms with Gasteiger partial charge in [0.25, 0.3) is 0 Å². The lowest BCUT2D eigenvalue weighted by atomic mass is 9.84. The molecule has 0 spiro atoms. The van der Waals surface area contributed by atoms with Gasteiger partial charge in [0.15, 0.2) is 5.41 Å². The molecule has 5 nitrogen and oxygen atoms in total. The van der Waals surface area contributed by atoms with Crippen LogP contribution in [-0.2, 0) is 19.1 Å². The first-order valence-corrected chi connectivity index (χ1v) is 6.66. The largest absolute Gasteiger partial charge is 0.468 e. The second-order valence-electron chi connectivity index (χ2n) is 5.23. The monoisotopic (exact) mass is 255 g/mol. The summed E-state index contributed by atoms with van der Waals surface area (Å²) in [7, 11) is 1.31. The van der Waals surface area contributed by atoms with E-state index >= 15 is 0 Å². The Hall–Kier alpha value is -1.10. The fourth-order valence-electron chi connectivity index (χ4n) is 2.59. The zero-order chi connectivity index (χ0) is 13.0. The number of methoxy groups -OCH3 is 1. The molecule has 102 valence electrons. The molecule has 5 heteroatoms. The first-order valence-electron chi connectivity index (χ1n) is 6.66. The highest BCUT2D eigenvalue weighted by Gasteiger charge is 2.54. The van der Waals surface area contributed by atoms with Crippen molar-refractivity contribution in [2.24, 2.45) is 5.41 Å². The second kappa shape index (κ2) is 5.69. The minimum Gasteiger partial charge on any atom is -0.468 e. The van der Waals surface area contributed by atoms with Gasteiger partial charge < -0.3 is 14.8 Å². The topological polar surface area (TPSA) is 64.6 Å². The van der Waals surface area contributed by atoms with Gasteiger partial charge in [-0.15, -0.1) is 0 Å². The minimum atomic E-state index is -1.10. The van der Waals surface area contributed by atoms with Gasteiger partial charge in [0.2, 0.25) is 5.91 Å². The van der Waals surface area contributed by atoms with E-state index in [1.807, 2.05) is 0 Å². The van der Waals surface area contributed by atoms with E-state index in [1.54, 1.807) is 0 Å². The van der Waals surface area contributed by atoms with Crippen molar-refractivity contribution in [2.45, 2.75) is 44.6 Å². The fourth-order valence-corrected chi connectivity index (χ4v) is 2.59. The summed E-state index contributed by atoms with van der Waals surface area (Å²) in [6, 6.07) is 0.196. The van der Waals surface area contributed by atoms with Crippen LogP contribution in [0.4, 0.5) is 0 Å². The van der Waals surface area contributed by atoms with Crippen LogP contribution in [-0.4, -0.2) is 38.2 Å². The Morgan fingerprint density at radius 2 is 1.78 bits per heavy atom. The zero-order valence-corrected chi connectivity index (χ0v) is 10.9. The van der Waals surface area contributed by atoms with Gasteiger partial charge in [0.1, 0.15) is 0 Å². The molecule has 1 N–H and O–H groups in total. The van der Waals surface area contributed by atoms with Crippen LogP contribution in [0.3, 0.4) is 0 Å². The maximum atomic E-state index is 12.2. The normalized spacial score (nSPS) is 23.6. The molecule has 0 atom stereocenters. The van der Waals surface area contributed by atoms with E-state index in [1.165, 1.54) is 20.0 Å². The van der Waals surface area contributed by atoms with Crippen LogP contribution in [0, 0.1) is 5.41 Å². The Morgan fingerprint density at radius 1 is 1.17 bits per heavy atom. The third kappa shape index (κ3) is 2.51. The van der Waals surface area contributed by atoms with E-state index in [0.717, 1.165) is 25.7 Å². The maximum absolute atomic E-state index is 12.2. The van der Waals surface area contributed by atoms with Crippen LogP contribution >= 0.6 is 0 Å². The molecule has 1 amide bonds. The Bertz CT molecular complexity index is 317. The summed E-state index contributed by atoms with van der Waals surface area (Å²) in [6.07, 6.45) is 6.77. The second-order valence-corrected chi connectivity index (χ2v) is 5.23. The fraction of sp³-hybridized carbons (Fsp3) is 0.846. The van der Waals surface area contributed by atoms with Gasteiger partial charge in [-0.25, -0.2) is 0 Å². The number of hydrogen-bond donors (Lipinski definition) is 1. The van der Waals surface area contributed by atoms with Crippen molar-refractivity contribution >= 4 is 11.9 Å². The van der Waals surface area contributed by atoms with Gasteiger partial charge in [-0.3, -0.25) is 9.59 Å². The number of esters is 1. The molecule has 0 bridgehead atoms. The highest BCUT2D eigenvalue weighted by atomic mass is 16.5. The number of hydrogen-bond acceptors (Lipinski definition) is 4. The van der Waals surface area contributed by atoms with Crippen molar-refractivity contribution in [1.29, 1.82) is 0 Å². The standard InChI is InChI=1S/C13H21NO4/c1-17-12(16)13(8-18-9-13)11(15)14-10-6-4-2-3-5-7-10/h10H,2-9H2,1H3,(H,14,15). The lowest BCUT2D eigenvalue weighted by Crippen LogP contribution is -2.60. The number of carbonyl (C=O) groups excluding carboxylic acids is 2. The van der Waals surface area contributed by atoms with Crippen molar-refractivity contribution < 1.29 is 19.1 Å². The summed E-state index contributed by atoms with van der Waals surface area (Å²) in [5.41, 5.74) is -1.10. The van der Waals surface area contributed by atoms with Crippen LogP contribution in [0.2, 0.25) is 0 Å². The molecule has 1 aliphatic carbocycles. The molecule has 18 heavy (non-hydrogen) atoms. The van der Waals surface area contributed by atoms with Crippen LogP contribution in [0.15, 0.2) is 0 Å². The first kappa shape index (κ1) is 13.3. The Kier molecular flexibility index (Phi) is 4.22. The Balaban J connectivity index is 1.95. The Labute approximate surface area is 107 Å². The summed E-state index contributed by atoms with van der Waals surface area (Å²) in [6.45, 7) is 0.274. The summed E-state index contributed by atoms with van der Waals surface area (Å²) in [5, 5.41) is 3.00. The zero-order valence-electron chi connectivity index (χ0n) is 10.9. The maximum Gasteiger partial charge on any atom is 0.326 e. The summed E-state index contributed by atoms with van der Waals surface area (Å²) in [5.74, 6) is -0.715. The molecule has 0 aromatic rings. The SMILES string of the molecule is COC(=O)C1(C(=O)NC2CCCCCC2)COC1. The van der Waals surface area contributed by atoms with E-state index < -0.39 is 11.4 Å². The van der Waals surface area contributed by atoms with E-state index in [2.05, 4.69) is 5.32 Å². The lowest BCUT2D eigenvalue weighted by molar-refractivity contribution is -0.188. The third-order valence-electron chi connectivity index (χ3n) is 3.90. The minimum absolute atomic E-state index is 0.137. The predicted octanol–water partition coefficient (Wildman–Crippen LogP) is 1.01. The highest BCUT2D eigenvalue weighted by molar-refractivity contribution is 6.04. The average molecular weight is 255 g/mol. The summed E-state index contributed by atoms with van der Waals surface area (Å²) >= 11 is 0. The van der Waals surface area contributed by atoms with Gasteiger partial charge in [-0.1, -0.05) is 25.7 Å². The molecular weight excluding hydrogens is 234 g/mol. The van der Waals surface area contributed by atoms with Crippen LogP contribution in [0.25, 0.3) is 0 Å². The predicted molar refractivity (Wildman–Crippen MR) is 64.9 cm³/mol. The molecule has 1 heterocycles. The third-order valence-corrected chi connectivity index (χ3v) is 3.90. The van der Waals surface area contributed by atoms with Gasteiger partial charge in [-0.05, 0) is 12.8 Å². The van der Waals surface area contributed by atoms with Gasteiger partial charge in [0.05, 0.1) is 20.3 Å². The van der Waals surface area contributed by atoms with Gasteiger partial charge in [-0.2, -0.15) is 0 Å². The molecule has 0 aromatic heterocycles. The average Bonchev–Trinajstić information content (AvgIpc) is 2.55. The number of ether oxygens (including phenoxy) is 2. The van der Waals surface area contributed by atoms with Crippen molar-refractivity contribution in [1.82, 2.24) is 5.32 Å². The van der Waals surface area contributed by atoms with Crippen LogP contribution in [0.1, 0.15) is 38.5 Å². The quantitative estimate of drug-likeness (QED) is 0.464. The molecule has 2 fully saturated rings. The van der Waals surface area contributed by atoms with Gasteiger partial charge in [0, 0.05) is 6.04 Å². The first-order chi connectivity index (χ1) is 8.69. The Morgan fingerprint density at radius 3 is 2.22 bits per heavy atom. The number of nitrogens with one attached hydrogen (secondary N) is 1. The van der Waals surface area contributed by atoms with E-state index in [-0.39, 0.29) is 25.2 Å². The van der Waals surface area contributed by atoms with Crippen molar-refractivity contribution in [3.05, 3.63) is 0 Å². The van der Waals surface area contributed by atoms with Crippen molar-refractivity contribution in [3.63, 3.8) is 0 Å². The molecule has 2 rings (SSSR count). The highest BCUT2D eigenvalue weighted by Crippen LogP contribution is 2.30. The van der Waals surface area contributed by atoms with Gasteiger partial charge >= 0.3 is 5.97 Å². The lowest BCUT2D eigenvalue weighted by Gasteiger charge is -2.37. The smallest absolute Gasteiger partial charge is 0.326 e. The number of carbonyl (C=O) groups is 2. The molecule has 0 aromatic carbocycles. The molecule has 1 saturated carbocycles. The summed E-state index contributed by atoms with van der Waals surface area (Å²) < 4.78 is 9.75.